The maximum absolute atomic E-state index is 8.85. The molecule has 0 aliphatic heterocycles. The summed E-state index contributed by atoms with van der Waals surface area (Å²) >= 11 is 3.42. The Hall–Kier alpha value is -1.99. The molecule has 0 saturated heterocycles. The third kappa shape index (κ3) is 3.02. The number of nitrogens with zero attached hydrogens (tertiary/aromatic N) is 1. The summed E-state index contributed by atoms with van der Waals surface area (Å²) < 4.78 is 6.13. The zero-order valence-electron chi connectivity index (χ0n) is 9.77. The van der Waals surface area contributed by atoms with E-state index >= 15 is 0 Å². The Kier molecular flexibility index (Phi) is 3.85. The van der Waals surface area contributed by atoms with Gasteiger partial charge in [-0.3, -0.25) is 0 Å². The lowest BCUT2D eigenvalue weighted by atomic mass is 10.2. The van der Waals surface area contributed by atoms with Gasteiger partial charge in [0.2, 0.25) is 0 Å². The van der Waals surface area contributed by atoms with Crippen molar-refractivity contribution in [1.29, 1.82) is 5.26 Å². The van der Waals surface area contributed by atoms with Gasteiger partial charge < -0.3 is 10.1 Å². The fourth-order valence-electron chi connectivity index (χ4n) is 1.59. The van der Waals surface area contributed by atoms with Crippen LogP contribution in [0.4, 0.5) is 11.4 Å². The summed E-state index contributed by atoms with van der Waals surface area (Å²) in [6, 6.07) is 15.2. The van der Waals surface area contributed by atoms with Gasteiger partial charge >= 0.3 is 0 Å². The molecule has 0 heterocycles. The molecule has 0 aliphatic carbocycles. The highest BCUT2D eigenvalue weighted by atomic mass is 79.9. The van der Waals surface area contributed by atoms with Gasteiger partial charge in [-0.05, 0) is 30.3 Å². The molecule has 0 atom stereocenters. The van der Waals surface area contributed by atoms with Gasteiger partial charge in [-0.25, -0.2) is 0 Å². The van der Waals surface area contributed by atoms with Crippen LogP contribution in [0.1, 0.15) is 5.56 Å². The van der Waals surface area contributed by atoms with E-state index in [2.05, 4.69) is 27.3 Å². The minimum atomic E-state index is 0.627. The minimum absolute atomic E-state index is 0.627. The number of nitriles is 1. The lowest BCUT2D eigenvalue weighted by molar-refractivity contribution is 0.415. The van der Waals surface area contributed by atoms with Gasteiger partial charge in [-0.2, -0.15) is 5.26 Å². The highest BCUT2D eigenvalue weighted by Gasteiger charge is 2.01. The number of benzene rings is 2. The summed E-state index contributed by atoms with van der Waals surface area (Å²) in [6.07, 6.45) is 0. The van der Waals surface area contributed by atoms with E-state index in [0.29, 0.717) is 5.56 Å². The largest absolute Gasteiger partial charge is 0.497 e. The van der Waals surface area contributed by atoms with Crippen molar-refractivity contribution >= 4 is 27.3 Å². The van der Waals surface area contributed by atoms with Crippen LogP contribution in [0.2, 0.25) is 0 Å². The molecule has 18 heavy (non-hydrogen) atoms. The summed E-state index contributed by atoms with van der Waals surface area (Å²) in [5, 5.41) is 12.1. The zero-order valence-corrected chi connectivity index (χ0v) is 11.4. The Morgan fingerprint density at radius 2 is 2.00 bits per heavy atom. The summed E-state index contributed by atoms with van der Waals surface area (Å²) in [7, 11) is 1.63. The maximum Gasteiger partial charge on any atom is 0.122 e. The summed E-state index contributed by atoms with van der Waals surface area (Å²) in [6.45, 7) is 0. The molecule has 0 aliphatic rings. The summed E-state index contributed by atoms with van der Waals surface area (Å²) in [4.78, 5) is 0. The van der Waals surface area contributed by atoms with E-state index in [-0.39, 0.29) is 0 Å². The Balaban J connectivity index is 2.28. The molecule has 4 heteroatoms. The molecule has 0 aromatic heterocycles. The average Bonchev–Trinajstić information content (AvgIpc) is 2.38. The minimum Gasteiger partial charge on any atom is -0.497 e. The first-order valence-corrected chi connectivity index (χ1v) is 6.12. The lowest BCUT2D eigenvalue weighted by Crippen LogP contribution is -1.92. The molecule has 2 aromatic rings. The molecule has 3 nitrogen and oxygen atoms in total. The molecule has 0 spiro atoms. The molecule has 2 aromatic carbocycles. The molecule has 0 bridgehead atoms. The van der Waals surface area contributed by atoms with Crippen LogP contribution in [0.3, 0.4) is 0 Å². The molecule has 0 unspecified atom stereocenters. The molecule has 90 valence electrons. The fraction of sp³-hybridized carbons (Fsp3) is 0.0714. The second-order valence-electron chi connectivity index (χ2n) is 3.70. The molecular weight excluding hydrogens is 292 g/mol. The molecule has 0 saturated carbocycles. The van der Waals surface area contributed by atoms with Crippen LogP contribution in [0.25, 0.3) is 0 Å². The SMILES string of the molecule is COc1cc(Br)cc(Nc2cccc(C#N)c2)c1. The van der Waals surface area contributed by atoms with Crippen molar-refractivity contribution in [1.82, 2.24) is 0 Å². The van der Waals surface area contributed by atoms with Crippen molar-refractivity contribution in [3.8, 4) is 11.8 Å². The van der Waals surface area contributed by atoms with Gasteiger partial charge in [0.15, 0.2) is 0 Å². The second kappa shape index (κ2) is 5.56. The van der Waals surface area contributed by atoms with Gasteiger partial charge in [-0.1, -0.05) is 22.0 Å². The van der Waals surface area contributed by atoms with Crippen molar-refractivity contribution in [2.45, 2.75) is 0 Å². The van der Waals surface area contributed by atoms with Crippen LogP contribution >= 0.6 is 15.9 Å². The molecule has 0 fully saturated rings. The first-order valence-electron chi connectivity index (χ1n) is 5.33. The first-order chi connectivity index (χ1) is 8.71. The van der Waals surface area contributed by atoms with Crippen LogP contribution in [0, 0.1) is 11.3 Å². The molecular formula is C14H11BrN2O. The van der Waals surface area contributed by atoms with Crippen LogP contribution in [-0.4, -0.2) is 7.11 Å². The van der Waals surface area contributed by atoms with Crippen LogP contribution in [0.5, 0.6) is 5.75 Å². The monoisotopic (exact) mass is 302 g/mol. The molecule has 0 radical (unpaired) electrons. The van der Waals surface area contributed by atoms with Crippen LogP contribution in [-0.2, 0) is 0 Å². The quantitative estimate of drug-likeness (QED) is 0.929. The first kappa shape index (κ1) is 12.5. The van der Waals surface area contributed by atoms with Gasteiger partial charge in [0, 0.05) is 21.9 Å². The second-order valence-corrected chi connectivity index (χ2v) is 4.61. The summed E-state index contributed by atoms with van der Waals surface area (Å²) in [5.74, 6) is 0.767. The predicted molar refractivity (Wildman–Crippen MR) is 75.1 cm³/mol. The van der Waals surface area contributed by atoms with E-state index in [9.17, 15) is 0 Å². The smallest absolute Gasteiger partial charge is 0.122 e. The van der Waals surface area contributed by atoms with E-state index in [0.717, 1.165) is 21.6 Å². The Bertz CT molecular complexity index is 605. The van der Waals surface area contributed by atoms with E-state index in [1.54, 1.807) is 19.2 Å². The van der Waals surface area contributed by atoms with E-state index in [1.807, 2.05) is 30.3 Å². The number of ether oxygens (including phenoxy) is 1. The van der Waals surface area contributed by atoms with E-state index in [1.165, 1.54) is 0 Å². The maximum atomic E-state index is 8.85. The van der Waals surface area contributed by atoms with E-state index < -0.39 is 0 Å². The van der Waals surface area contributed by atoms with Crippen molar-refractivity contribution in [3.63, 3.8) is 0 Å². The zero-order chi connectivity index (χ0) is 13.0. The third-order valence-electron chi connectivity index (χ3n) is 2.39. The Morgan fingerprint density at radius 3 is 2.72 bits per heavy atom. The topological polar surface area (TPSA) is 45.0 Å². The van der Waals surface area contributed by atoms with Gasteiger partial charge in [0.25, 0.3) is 0 Å². The van der Waals surface area contributed by atoms with Gasteiger partial charge in [0.05, 0.1) is 18.7 Å². The van der Waals surface area contributed by atoms with Gasteiger partial charge in [0.1, 0.15) is 5.75 Å². The highest BCUT2D eigenvalue weighted by Crippen LogP contribution is 2.27. The Morgan fingerprint density at radius 1 is 1.17 bits per heavy atom. The number of methoxy groups -OCH3 is 1. The Labute approximate surface area is 114 Å². The summed E-state index contributed by atoms with van der Waals surface area (Å²) in [5.41, 5.74) is 2.40. The standard InChI is InChI=1S/C14H11BrN2O/c1-18-14-7-11(15)6-13(8-14)17-12-4-2-3-10(5-12)9-16/h2-8,17H,1H3. The van der Waals surface area contributed by atoms with Crippen molar-refractivity contribution < 1.29 is 4.74 Å². The third-order valence-corrected chi connectivity index (χ3v) is 2.85. The van der Waals surface area contributed by atoms with Crippen LogP contribution in [0.15, 0.2) is 46.9 Å². The lowest BCUT2D eigenvalue weighted by Gasteiger charge is -2.09. The number of anilines is 2. The molecule has 2 rings (SSSR count). The number of nitrogens with one attached hydrogen (secondary N) is 1. The number of hydrogen-bond acceptors (Lipinski definition) is 3. The van der Waals surface area contributed by atoms with Gasteiger partial charge in [-0.15, -0.1) is 0 Å². The molecule has 0 amide bonds. The van der Waals surface area contributed by atoms with Crippen molar-refractivity contribution in [2.75, 3.05) is 12.4 Å². The predicted octanol–water partition coefficient (Wildman–Crippen LogP) is 4.07. The molecule has 1 N–H and O–H groups in total. The normalized spacial score (nSPS) is 9.61. The average molecular weight is 303 g/mol. The number of rotatable bonds is 3. The highest BCUT2D eigenvalue weighted by molar-refractivity contribution is 9.10. The number of halogens is 1. The van der Waals surface area contributed by atoms with E-state index in [4.69, 9.17) is 10.00 Å². The van der Waals surface area contributed by atoms with Crippen molar-refractivity contribution in [3.05, 3.63) is 52.5 Å². The fourth-order valence-corrected chi connectivity index (χ4v) is 2.06. The number of hydrogen-bond donors (Lipinski definition) is 1. The van der Waals surface area contributed by atoms with Crippen LogP contribution < -0.4 is 10.1 Å². The van der Waals surface area contributed by atoms with Crippen molar-refractivity contribution in [2.24, 2.45) is 0 Å².